The van der Waals surface area contributed by atoms with Crippen LogP contribution in [-0.4, -0.2) is 53.7 Å². The van der Waals surface area contributed by atoms with Crippen molar-refractivity contribution in [3.8, 4) is 0 Å². The van der Waals surface area contributed by atoms with Crippen molar-refractivity contribution in [1.29, 1.82) is 0 Å². The van der Waals surface area contributed by atoms with Crippen molar-refractivity contribution in [2.24, 2.45) is 5.92 Å². The van der Waals surface area contributed by atoms with Crippen LogP contribution in [0.25, 0.3) is 0 Å². The molecular weight excluding hydrogens is 240 g/mol. The van der Waals surface area contributed by atoms with E-state index in [0.29, 0.717) is 13.0 Å². The number of esters is 1. The van der Waals surface area contributed by atoms with E-state index in [1.54, 1.807) is 13.8 Å². The molecule has 0 spiro atoms. The van der Waals surface area contributed by atoms with Crippen LogP contribution in [0.3, 0.4) is 0 Å². The molecule has 1 aliphatic rings. The summed E-state index contributed by atoms with van der Waals surface area (Å²) in [6.45, 7) is 3.84. The van der Waals surface area contributed by atoms with E-state index < -0.39 is 24.0 Å². The van der Waals surface area contributed by atoms with Gasteiger partial charge in [0.25, 0.3) is 0 Å². The molecule has 0 bridgehead atoms. The zero-order valence-corrected chi connectivity index (χ0v) is 10.5. The first-order valence-electron chi connectivity index (χ1n) is 5.90. The van der Waals surface area contributed by atoms with E-state index in [2.05, 4.69) is 10.1 Å². The molecule has 7 heteroatoms. The second-order valence-corrected chi connectivity index (χ2v) is 4.21. The van der Waals surface area contributed by atoms with Crippen LogP contribution in [0.5, 0.6) is 0 Å². The van der Waals surface area contributed by atoms with Crippen molar-refractivity contribution in [2.45, 2.75) is 26.3 Å². The lowest BCUT2D eigenvalue weighted by atomic mass is 10.0. The molecule has 0 radical (unpaired) electrons. The Kier molecular flexibility index (Phi) is 4.94. The second-order valence-electron chi connectivity index (χ2n) is 4.21. The number of carbonyl (C=O) groups excluding carboxylic acids is 2. The molecule has 0 saturated carbocycles. The smallest absolute Gasteiger partial charge is 0.326 e. The lowest BCUT2D eigenvalue weighted by Gasteiger charge is -2.23. The zero-order chi connectivity index (χ0) is 13.7. The van der Waals surface area contributed by atoms with Crippen molar-refractivity contribution in [3.63, 3.8) is 0 Å². The number of aliphatic carboxylic acids is 1. The number of nitrogens with one attached hydrogen (secondary N) is 1. The van der Waals surface area contributed by atoms with Gasteiger partial charge in [0.05, 0.1) is 6.61 Å². The predicted octanol–water partition coefficient (Wildman–Crippen LogP) is 0.0541. The lowest BCUT2D eigenvalue weighted by Crippen LogP contribution is -2.48. The van der Waals surface area contributed by atoms with Crippen molar-refractivity contribution < 1.29 is 24.2 Å². The Hall–Kier alpha value is -1.79. The molecule has 1 aliphatic heterocycles. The van der Waals surface area contributed by atoms with Crippen LogP contribution in [-0.2, 0) is 14.3 Å². The summed E-state index contributed by atoms with van der Waals surface area (Å²) < 4.78 is 4.66. The normalized spacial score (nSPS) is 22.7. The van der Waals surface area contributed by atoms with Crippen LogP contribution >= 0.6 is 0 Å². The third kappa shape index (κ3) is 3.35. The van der Waals surface area contributed by atoms with Gasteiger partial charge in [0.1, 0.15) is 12.6 Å². The molecule has 0 aliphatic carbocycles. The quantitative estimate of drug-likeness (QED) is 0.695. The maximum atomic E-state index is 11.8. The van der Waals surface area contributed by atoms with E-state index in [1.807, 2.05) is 0 Å². The number of carbonyl (C=O) groups is 3. The second kappa shape index (κ2) is 6.23. The molecule has 2 unspecified atom stereocenters. The average molecular weight is 258 g/mol. The van der Waals surface area contributed by atoms with Gasteiger partial charge in [0, 0.05) is 6.54 Å². The van der Waals surface area contributed by atoms with E-state index in [1.165, 1.54) is 4.90 Å². The van der Waals surface area contributed by atoms with E-state index >= 15 is 0 Å². The number of amides is 2. The van der Waals surface area contributed by atoms with Crippen LogP contribution in [0.2, 0.25) is 0 Å². The van der Waals surface area contributed by atoms with Crippen molar-refractivity contribution >= 4 is 18.0 Å². The van der Waals surface area contributed by atoms with Crippen molar-refractivity contribution in [1.82, 2.24) is 10.2 Å². The lowest BCUT2D eigenvalue weighted by molar-refractivity contribution is -0.142. The minimum absolute atomic E-state index is 0.0872. The highest BCUT2D eigenvalue weighted by Crippen LogP contribution is 2.23. The number of hydrogen-bond donors (Lipinski definition) is 2. The van der Waals surface area contributed by atoms with Gasteiger partial charge in [-0.3, -0.25) is 4.79 Å². The highest BCUT2D eigenvalue weighted by atomic mass is 16.5. The number of carboxylic acid groups (broad SMARTS) is 1. The fourth-order valence-electron chi connectivity index (χ4n) is 2.01. The summed E-state index contributed by atoms with van der Waals surface area (Å²) in [6.07, 6.45) is 0.643. The number of likely N-dealkylation sites (tertiary alicyclic amines) is 1. The van der Waals surface area contributed by atoms with Crippen molar-refractivity contribution in [3.05, 3.63) is 0 Å². The molecule has 2 amide bonds. The molecule has 7 nitrogen and oxygen atoms in total. The third-order valence-electron chi connectivity index (χ3n) is 2.90. The molecular formula is C11H18N2O5. The molecule has 0 aromatic rings. The van der Waals surface area contributed by atoms with E-state index in [0.717, 1.165) is 0 Å². The Bertz CT molecular complexity index is 344. The zero-order valence-electron chi connectivity index (χ0n) is 10.5. The number of hydrogen-bond acceptors (Lipinski definition) is 4. The number of urea groups is 1. The number of nitrogens with zero attached hydrogens (tertiary/aromatic N) is 1. The summed E-state index contributed by atoms with van der Waals surface area (Å²) in [4.78, 5) is 35.1. The van der Waals surface area contributed by atoms with Gasteiger partial charge in [-0.15, -0.1) is 0 Å². The molecule has 1 rings (SSSR count). The Balaban J connectivity index is 2.51. The predicted molar refractivity (Wildman–Crippen MR) is 61.9 cm³/mol. The minimum Gasteiger partial charge on any atom is -0.480 e. The van der Waals surface area contributed by atoms with Gasteiger partial charge in [0.2, 0.25) is 0 Å². The number of rotatable bonds is 4. The van der Waals surface area contributed by atoms with Gasteiger partial charge in [-0.1, -0.05) is 6.92 Å². The van der Waals surface area contributed by atoms with E-state index in [4.69, 9.17) is 5.11 Å². The van der Waals surface area contributed by atoms with Gasteiger partial charge in [-0.2, -0.15) is 0 Å². The SMILES string of the molecule is CCOC(=O)CNC(=O)N1CCC(C)C1C(=O)O. The third-order valence-corrected chi connectivity index (χ3v) is 2.90. The van der Waals surface area contributed by atoms with Crippen LogP contribution in [0.15, 0.2) is 0 Å². The summed E-state index contributed by atoms with van der Waals surface area (Å²) >= 11 is 0. The first kappa shape index (κ1) is 14.3. The van der Waals surface area contributed by atoms with Crippen molar-refractivity contribution in [2.75, 3.05) is 19.7 Å². The number of carboxylic acids is 1. The fourth-order valence-corrected chi connectivity index (χ4v) is 2.01. The molecule has 18 heavy (non-hydrogen) atoms. The molecule has 1 saturated heterocycles. The van der Waals surface area contributed by atoms with Crippen LogP contribution in [0, 0.1) is 5.92 Å². The molecule has 1 heterocycles. The van der Waals surface area contributed by atoms with Gasteiger partial charge < -0.3 is 20.1 Å². The molecule has 1 fully saturated rings. The largest absolute Gasteiger partial charge is 0.480 e. The minimum atomic E-state index is -1.02. The summed E-state index contributed by atoms with van der Waals surface area (Å²) in [5.41, 5.74) is 0. The fraction of sp³-hybridized carbons (Fsp3) is 0.727. The maximum absolute atomic E-state index is 11.8. The monoisotopic (exact) mass is 258 g/mol. The highest BCUT2D eigenvalue weighted by Gasteiger charge is 2.39. The Morgan fingerprint density at radius 1 is 1.44 bits per heavy atom. The molecule has 2 atom stereocenters. The highest BCUT2D eigenvalue weighted by molar-refractivity contribution is 5.85. The summed E-state index contributed by atoms with van der Waals surface area (Å²) in [5.74, 6) is -1.65. The van der Waals surface area contributed by atoms with Gasteiger partial charge in [-0.05, 0) is 19.3 Å². The van der Waals surface area contributed by atoms with Crippen LogP contribution < -0.4 is 5.32 Å². The first-order chi connectivity index (χ1) is 8.47. The van der Waals surface area contributed by atoms with Crippen LogP contribution in [0.4, 0.5) is 4.79 Å². The molecule has 102 valence electrons. The topological polar surface area (TPSA) is 95.9 Å². The van der Waals surface area contributed by atoms with E-state index in [9.17, 15) is 14.4 Å². The molecule has 0 aromatic heterocycles. The summed E-state index contributed by atoms with van der Waals surface area (Å²) in [6, 6.07) is -1.37. The molecule has 0 aromatic carbocycles. The van der Waals surface area contributed by atoms with Gasteiger partial charge in [-0.25, -0.2) is 9.59 Å². The summed E-state index contributed by atoms with van der Waals surface area (Å²) in [7, 11) is 0. The van der Waals surface area contributed by atoms with Gasteiger partial charge >= 0.3 is 18.0 Å². The van der Waals surface area contributed by atoms with E-state index in [-0.39, 0.29) is 19.1 Å². The summed E-state index contributed by atoms with van der Waals surface area (Å²) in [5, 5.41) is 11.4. The maximum Gasteiger partial charge on any atom is 0.326 e. The Labute approximate surface area is 105 Å². The standard InChI is InChI=1S/C11H18N2O5/c1-3-18-8(14)6-12-11(17)13-5-4-7(2)9(13)10(15)16/h7,9H,3-6H2,1-2H3,(H,12,17)(H,15,16). The average Bonchev–Trinajstić information content (AvgIpc) is 2.68. The van der Waals surface area contributed by atoms with Gasteiger partial charge in [0.15, 0.2) is 0 Å². The molecule has 2 N–H and O–H groups in total. The Morgan fingerprint density at radius 3 is 2.67 bits per heavy atom. The number of ether oxygens (including phenoxy) is 1. The Morgan fingerprint density at radius 2 is 2.11 bits per heavy atom. The van der Waals surface area contributed by atoms with Crippen LogP contribution in [0.1, 0.15) is 20.3 Å². The first-order valence-corrected chi connectivity index (χ1v) is 5.90.